The molecular weight excluding hydrogens is 278 g/mol. The van der Waals surface area contributed by atoms with Crippen LogP contribution in [0.3, 0.4) is 0 Å². The molecule has 0 saturated heterocycles. The van der Waals surface area contributed by atoms with Gasteiger partial charge in [0.15, 0.2) is 0 Å². The number of halogens is 1. The number of hydrogen-bond acceptors (Lipinski definition) is 4. The molecule has 0 spiro atoms. The largest absolute Gasteiger partial charge is 0.497 e. The van der Waals surface area contributed by atoms with E-state index in [1.54, 1.807) is 42.5 Å². The Labute approximate surface area is 122 Å². The van der Waals surface area contributed by atoms with Gasteiger partial charge in [-0.15, -0.1) is 0 Å². The van der Waals surface area contributed by atoms with Crippen LogP contribution in [0.25, 0.3) is 0 Å². The van der Waals surface area contributed by atoms with Crippen molar-refractivity contribution in [3.05, 3.63) is 58.6 Å². The summed E-state index contributed by atoms with van der Waals surface area (Å²) < 4.78 is 10.3. The number of carbonyl (C=O) groups is 1. The van der Waals surface area contributed by atoms with Crippen molar-refractivity contribution >= 4 is 23.3 Å². The lowest BCUT2D eigenvalue weighted by Gasteiger charge is -2.07. The zero-order valence-corrected chi connectivity index (χ0v) is 11.7. The number of rotatable bonds is 4. The van der Waals surface area contributed by atoms with E-state index < -0.39 is 5.97 Å². The highest BCUT2D eigenvalue weighted by molar-refractivity contribution is 6.30. The molecule has 5 heteroatoms. The van der Waals surface area contributed by atoms with E-state index in [1.165, 1.54) is 7.11 Å². The molecule has 0 saturated carbocycles. The van der Waals surface area contributed by atoms with Crippen molar-refractivity contribution in [1.82, 2.24) is 0 Å². The first-order valence-electron chi connectivity index (χ1n) is 5.94. The van der Waals surface area contributed by atoms with Crippen molar-refractivity contribution in [3.8, 4) is 5.75 Å². The van der Waals surface area contributed by atoms with Gasteiger partial charge in [0.2, 0.25) is 0 Å². The number of carbonyl (C=O) groups excluding carboxylic acids is 1. The first kappa shape index (κ1) is 14.2. The number of anilines is 1. The molecule has 0 amide bonds. The topological polar surface area (TPSA) is 61.5 Å². The minimum Gasteiger partial charge on any atom is -0.497 e. The van der Waals surface area contributed by atoms with Gasteiger partial charge >= 0.3 is 5.97 Å². The van der Waals surface area contributed by atoms with Gasteiger partial charge in [0.25, 0.3) is 0 Å². The van der Waals surface area contributed by atoms with Crippen LogP contribution in [0, 0.1) is 0 Å². The lowest BCUT2D eigenvalue weighted by molar-refractivity contribution is 0.0472. The number of nitrogen functional groups attached to an aromatic ring is 1. The van der Waals surface area contributed by atoms with Crippen molar-refractivity contribution in [2.24, 2.45) is 0 Å². The van der Waals surface area contributed by atoms with Crippen molar-refractivity contribution in [2.45, 2.75) is 6.61 Å². The summed E-state index contributed by atoms with van der Waals surface area (Å²) >= 11 is 5.79. The monoisotopic (exact) mass is 291 g/mol. The fraction of sp³-hybridized carbons (Fsp3) is 0.133. The Morgan fingerprint density at radius 2 is 1.90 bits per heavy atom. The van der Waals surface area contributed by atoms with E-state index in [4.69, 9.17) is 26.8 Å². The summed E-state index contributed by atoms with van der Waals surface area (Å²) in [4.78, 5) is 11.9. The van der Waals surface area contributed by atoms with Crippen LogP contribution in [0.1, 0.15) is 15.9 Å². The zero-order valence-electron chi connectivity index (χ0n) is 10.9. The lowest BCUT2D eigenvalue weighted by atomic mass is 10.2. The summed E-state index contributed by atoms with van der Waals surface area (Å²) in [6, 6.07) is 11.9. The summed E-state index contributed by atoms with van der Waals surface area (Å²) in [5, 5.41) is 0.639. The van der Waals surface area contributed by atoms with Gasteiger partial charge in [0, 0.05) is 16.8 Å². The number of ether oxygens (including phenoxy) is 2. The molecule has 0 unspecified atom stereocenters. The van der Waals surface area contributed by atoms with E-state index in [2.05, 4.69) is 0 Å². The van der Waals surface area contributed by atoms with Gasteiger partial charge in [-0.1, -0.05) is 23.7 Å². The molecule has 0 aliphatic carbocycles. The smallest absolute Gasteiger partial charge is 0.338 e. The maximum Gasteiger partial charge on any atom is 0.338 e. The average Bonchev–Trinajstić information content (AvgIpc) is 2.45. The Hall–Kier alpha value is -2.20. The number of esters is 1. The van der Waals surface area contributed by atoms with Gasteiger partial charge in [-0.2, -0.15) is 0 Å². The van der Waals surface area contributed by atoms with Crippen LogP contribution >= 0.6 is 11.6 Å². The number of nitrogens with two attached hydrogens (primary N) is 1. The molecule has 0 radical (unpaired) electrons. The maximum atomic E-state index is 11.9. The molecule has 2 aromatic rings. The molecule has 4 nitrogen and oxygen atoms in total. The maximum absolute atomic E-state index is 11.9. The molecule has 0 atom stereocenters. The number of hydrogen-bond donors (Lipinski definition) is 1. The molecule has 2 aromatic carbocycles. The van der Waals surface area contributed by atoms with Gasteiger partial charge in [-0.05, 0) is 29.8 Å². The van der Waals surface area contributed by atoms with Crippen LogP contribution < -0.4 is 10.5 Å². The van der Waals surface area contributed by atoms with Crippen molar-refractivity contribution in [3.63, 3.8) is 0 Å². The van der Waals surface area contributed by atoms with E-state index in [0.29, 0.717) is 22.0 Å². The number of methoxy groups -OCH3 is 1. The van der Waals surface area contributed by atoms with Crippen LogP contribution in [0.15, 0.2) is 42.5 Å². The van der Waals surface area contributed by atoms with E-state index >= 15 is 0 Å². The standard InChI is InChI=1S/C15H14ClNO3/c1-19-14-7-11(6-13(17)8-14)15(18)20-9-10-2-4-12(16)5-3-10/h2-8H,9,17H2,1H3. The Kier molecular flexibility index (Phi) is 4.48. The second kappa shape index (κ2) is 6.30. The van der Waals surface area contributed by atoms with Crippen molar-refractivity contribution in [2.75, 3.05) is 12.8 Å². The zero-order chi connectivity index (χ0) is 14.5. The second-order valence-corrected chi connectivity index (χ2v) is 4.63. The Bertz CT molecular complexity index is 611. The molecule has 104 valence electrons. The Morgan fingerprint density at radius 3 is 2.55 bits per heavy atom. The first-order chi connectivity index (χ1) is 9.58. The van der Waals surface area contributed by atoms with Crippen LogP contribution in [-0.4, -0.2) is 13.1 Å². The molecule has 20 heavy (non-hydrogen) atoms. The summed E-state index contributed by atoms with van der Waals surface area (Å²) in [5.41, 5.74) is 7.36. The minimum atomic E-state index is -0.453. The number of benzene rings is 2. The summed E-state index contributed by atoms with van der Waals surface area (Å²) in [6.45, 7) is 0.174. The highest BCUT2D eigenvalue weighted by atomic mass is 35.5. The third kappa shape index (κ3) is 3.65. The van der Waals surface area contributed by atoms with E-state index in [9.17, 15) is 4.79 Å². The third-order valence-corrected chi connectivity index (χ3v) is 2.94. The van der Waals surface area contributed by atoms with Crippen LogP contribution in [-0.2, 0) is 11.3 Å². The molecule has 0 heterocycles. The molecule has 2 rings (SSSR count). The predicted molar refractivity (Wildman–Crippen MR) is 78.0 cm³/mol. The molecule has 0 bridgehead atoms. The lowest BCUT2D eigenvalue weighted by Crippen LogP contribution is -2.06. The Morgan fingerprint density at radius 1 is 1.20 bits per heavy atom. The SMILES string of the molecule is COc1cc(N)cc(C(=O)OCc2ccc(Cl)cc2)c1. The summed E-state index contributed by atoms with van der Waals surface area (Å²) in [6.07, 6.45) is 0. The Balaban J connectivity index is 2.04. The molecule has 0 aliphatic rings. The van der Waals surface area contributed by atoms with Crippen molar-refractivity contribution in [1.29, 1.82) is 0 Å². The van der Waals surface area contributed by atoms with Crippen LogP contribution in [0.2, 0.25) is 5.02 Å². The molecule has 0 fully saturated rings. The van der Waals surface area contributed by atoms with E-state index in [1.807, 2.05) is 0 Å². The van der Waals surface area contributed by atoms with Crippen LogP contribution in [0.5, 0.6) is 5.75 Å². The third-order valence-electron chi connectivity index (χ3n) is 2.68. The molecule has 0 aromatic heterocycles. The summed E-state index contributed by atoms with van der Waals surface area (Å²) in [7, 11) is 1.51. The van der Waals surface area contributed by atoms with Gasteiger partial charge in [0.1, 0.15) is 12.4 Å². The highest BCUT2D eigenvalue weighted by Crippen LogP contribution is 2.19. The van der Waals surface area contributed by atoms with Crippen molar-refractivity contribution < 1.29 is 14.3 Å². The van der Waals surface area contributed by atoms with E-state index in [-0.39, 0.29) is 6.61 Å². The van der Waals surface area contributed by atoms with Gasteiger partial charge in [0.05, 0.1) is 12.7 Å². The van der Waals surface area contributed by atoms with Crippen LogP contribution in [0.4, 0.5) is 5.69 Å². The normalized spacial score (nSPS) is 10.1. The van der Waals surface area contributed by atoms with E-state index in [0.717, 1.165) is 5.56 Å². The second-order valence-electron chi connectivity index (χ2n) is 4.20. The summed E-state index contributed by atoms with van der Waals surface area (Å²) in [5.74, 6) is 0.0639. The fourth-order valence-electron chi connectivity index (χ4n) is 1.67. The first-order valence-corrected chi connectivity index (χ1v) is 6.32. The molecule has 0 aliphatic heterocycles. The predicted octanol–water partition coefficient (Wildman–Crippen LogP) is 3.29. The molecule has 2 N–H and O–H groups in total. The van der Waals surface area contributed by atoms with Gasteiger partial charge in [-0.25, -0.2) is 4.79 Å². The fourth-order valence-corrected chi connectivity index (χ4v) is 1.80. The quantitative estimate of drug-likeness (QED) is 0.693. The van der Waals surface area contributed by atoms with Gasteiger partial charge < -0.3 is 15.2 Å². The minimum absolute atomic E-state index is 0.174. The highest BCUT2D eigenvalue weighted by Gasteiger charge is 2.10. The molecular formula is C15H14ClNO3. The average molecular weight is 292 g/mol. The van der Waals surface area contributed by atoms with Gasteiger partial charge in [-0.3, -0.25) is 0 Å².